The maximum Gasteiger partial charge on any atom is 0.178 e. The fourth-order valence-corrected chi connectivity index (χ4v) is 3.17. The van der Waals surface area contributed by atoms with E-state index in [0.717, 1.165) is 34.5 Å². The van der Waals surface area contributed by atoms with Crippen molar-refractivity contribution >= 4 is 23.3 Å². The highest BCUT2D eigenvalue weighted by atomic mass is 32.1. The number of rotatable bonds is 4. The van der Waals surface area contributed by atoms with Gasteiger partial charge in [-0.2, -0.15) is 0 Å². The first kappa shape index (κ1) is 13.4. The van der Waals surface area contributed by atoms with Crippen LogP contribution >= 0.6 is 12.2 Å². The van der Waals surface area contributed by atoms with Crippen molar-refractivity contribution in [1.29, 1.82) is 0 Å². The van der Waals surface area contributed by atoms with Crippen molar-refractivity contribution in [3.63, 3.8) is 0 Å². The fraction of sp³-hybridized carbons (Fsp3) is 0.438. The molecule has 0 amide bonds. The van der Waals surface area contributed by atoms with Crippen molar-refractivity contribution < 1.29 is 4.74 Å². The highest BCUT2D eigenvalue weighted by molar-refractivity contribution is 7.71. The Kier molecular flexibility index (Phi) is 3.92. The van der Waals surface area contributed by atoms with Crippen molar-refractivity contribution in [2.75, 3.05) is 6.61 Å². The number of imidazole rings is 1. The third-order valence-electron chi connectivity index (χ3n) is 3.89. The molecule has 106 valence electrons. The van der Waals surface area contributed by atoms with E-state index in [1.165, 1.54) is 12.8 Å². The van der Waals surface area contributed by atoms with E-state index in [4.69, 9.17) is 17.0 Å². The molecule has 1 N–H and O–H groups in total. The summed E-state index contributed by atoms with van der Waals surface area (Å²) >= 11 is 5.50. The van der Waals surface area contributed by atoms with Crippen LogP contribution in [0.15, 0.2) is 30.4 Å². The predicted molar refractivity (Wildman–Crippen MR) is 84.8 cm³/mol. The van der Waals surface area contributed by atoms with Crippen molar-refractivity contribution in [2.45, 2.75) is 32.7 Å². The van der Waals surface area contributed by atoms with Crippen LogP contribution in [0.3, 0.4) is 0 Å². The third-order valence-corrected chi connectivity index (χ3v) is 4.21. The smallest absolute Gasteiger partial charge is 0.178 e. The summed E-state index contributed by atoms with van der Waals surface area (Å²) in [4.78, 5) is 3.30. The first-order chi connectivity index (χ1) is 9.79. The minimum Gasteiger partial charge on any atom is -0.492 e. The number of allylic oxidation sites excluding steroid dienone is 2. The minimum atomic E-state index is 0.665. The Morgan fingerprint density at radius 1 is 1.40 bits per heavy atom. The number of aromatic amines is 1. The monoisotopic (exact) mass is 288 g/mol. The van der Waals surface area contributed by atoms with Gasteiger partial charge >= 0.3 is 0 Å². The van der Waals surface area contributed by atoms with Gasteiger partial charge in [0.2, 0.25) is 0 Å². The number of fused-ring (bicyclic) bond motifs is 1. The average Bonchev–Trinajstić information content (AvgIpc) is 2.78. The number of nitrogens with one attached hydrogen (secondary N) is 1. The molecule has 4 heteroatoms. The molecule has 20 heavy (non-hydrogen) atoms. The second kappa shape index (κ2) is 5.83. The molecule has 0 bridgehead atoms. The summed E-state index contributed by atoms with van der Waals surface area (Å²) in [6.45, 7) is 3.65. The molecule has 1 aromatic carbocycles. The number of nitrogens with zero attached hydrogens (tertiary/aromatic N) is 1. The summed E-state index contributed by atoms with van der Waals surface area (Å²) in [5.74, 6) is 1.57. The summed E-state index contributed by atoms with van der Waals surface area (Å²) in [5, 5.41) is 0. The molecular formula is C16H20N2OS. The fourth-order valence-electron chi connectivity index (χ4n) is 2.89. The van der Waals surface area contributed by atoms with Crippen molar-refractivity contribution in [3.8, 4) is 5.75 Å². The second-order valence-electron chi connectivity index (χ2n) is 5.27. The van der Waals surface area contributed by atoms with Gasteiger partial charge in [-0.25, -0.2) is 0 Å². The summed E-state index contributed by atoms with van der Waals surface area (Å²) in [7, 11) is 0. The zero-order valence-electron chi connectivity index (χ0n) is 11.8. The average molecular weight is 288 g/mol. The number of hydrogen-bond acceptors (Lipinski definition) is 2. The van der Waals surface area contributed by atoms with E-state index in [9.17, 15) is 0 Å². The molecule has 1 aromatic heterocycles. The lowest BCUT2D eigenvalue weighted by Gasteiger charge is -2.18. The third kappa shape index (κ3) is 2.52. The first-order valence-corrected chi connectivity index (χ1v) is 7.69. The summed E-state index contributed by atoms with van der Waals surface area (Å²) in [6.07, 6.45) is 8.15. The Morgan fingerprint density at radius 2 is 2.30 bits per heavy atom. The van der Waals surface area contributed by atoms with Gasteiger partial charge in [-0.05, 0) is 56.5 Å². The quantitative estimate of drug-likeness (QED) is 0.665. The van der Waals surface area contributed by atoms with Gasteiger partial charge in [0.15, 0.2) is 4.77 Å². The standard InChI is InChI=1S/C16H20N2OS/c1-2-19-14-10-6-9-13-15(14)17-16(20)18(13)11-12-7-4-3-5-8-12/h3-4,6,9-10,12H,2,5,7-8,11H2,1H3,(H,17,20). The molecule has 0 saturated carbocycles. The van der Waals surface area contributed by atoms with E-state index in [0.29, 0.717) is 12.5 Å². The van der Waals surface area contributed by atoms with Gasteiger partial charge in [0.1, 0.15) is 11.3 Å². The van der Waals surface area contributed by atoms with Gasteiger partial charge in [0.25, 0.3) is 0 Å². The van der Waals surface area contributed by atoms with E-state index in [1.54, 1.807) is 0 Å². The Labute approximate surface area is 124 Å². The summed E-state index contributed by atoms with van der Waals surface area (Å²) in [5.41, 5.74) is 2.17. The zero-order chi connectivity index (χ0) is 13.9. The number of para-hydroxylation sites is 1. The van der Waals surface area contributed by atoms with Gasteiger partial charge < -0.3 is 14.3 Å². The van der Waals surface area contributed by atoms with E-state index in [-0.39, 0.29) is 0 Å². The molecule has 0 spiro atoms. The Hall–Kier alpha value is -1.55. The molecule has 1 unspecified atom stereocenters. The number of ether oxygens (including phenoxy) is 1. The van der Waals surface area contributed by atoms with E-state index in [2.05, 4.69) is 27.8 Å². The highest BCUT2D eigenvalue weighted by Gasteiger charge is 2.14. The number of hydrogen-bond donors (Lipinski definition) is 1. The normalized spacial score (nSPS) is 18.6. The Bertz CT molecular complexity index is 683. The summed E-state index contributed by atoms with van der Waals surface area (Å²) < 4.78 is 8.69. The van der Waals surface area contributed by atoms with Crippen molar-refractivity contribution in [1.82, 2.24) is 9.55 Å². The number of benzene rings is 1. The van der Waals surface area contributed by atoms with Crippen LogP contribution in [-0.2, 0) is 6.54 Å². The highest BCUT2D eigenvalue weighted by Crippen LogP contribution is 2.27. The molecule has 0 radical (unpaired) electrons. The van der Waals surface area contributed by atoms with E-state index in [1.807, 2.05) is 19.1 Å². The Balaban J connectivity index is 1.98. The number of aromatic nitrogens is 2. The lowest BCUT2D eigenvalue weighted by Crippen LogP contribution is -2.12. The second-order valence-corrected chi connectivity index (χ2v) is 5.66. The molecule has 2 aromatic rings. The minimum absolute atomic E-state index is 0.665. The zero-order valence-corrected chi connectivity index (χ0v) is 12.6. The molecule has 0 aliphatic heterocycles. The maximum atomic E-state index is 5.68. The molecule has 1 aliphatic rings. The number of H-pyrrole nitrogens is 1. The van der Waals surface area contributed by atoms with Gasteiger partial charge in [0, 0.05) is 6.54 Å². The maximum absolute atomic E-state index is 5.68. The lowest BCUT2D eigenvalue weighted by molar-refractivity contribution is 0.343. The van der Waals surface area contributed by atoms with E-state index >= 15 is 0 Å². The van der Waals surface area contributed by atoms with Crippen LogP contribution in [0.25, 0.3) is 11.0 Å². The Morgan fingerprint density at radius 3 is 3.05 bits per heavy atom. The van der Waals surface area contributed by atoms with Gasteiger partial charge in [-0.15, -0.1) is 0 Å². The van der Waals surface area contributed by atoms with Gasteiger partial charge in [0.05, 0.1) is 12.1 Å². The predicted octanol–water partition coefficient (Wildman–Crippen LogP) is 4.45. The van der Waals surface area contributed by atoms with Crippen LogP contribution in [0.2, 0.25) is 0 Å². The molecule has 0 saturated heterocycles. The van der Waals surface area contributed by atoms with Crippen molar-refractivity contribution in [3.05, 3.63) is 35.1 Å². The van der Waals surface area contributed by atoms with Gasteiger partial charge in [-0.3, -0.25) is 0 Å². The molecule has 0 fully saturated rings. The van der Waals surface area contributed by atoms with Crippen LogP contribution in [0, 0.1) is 10.7 Å². The summed E-state index contributed by atoms with van der Waals surface area (Å²) in [6, 6.07) is 6.14. The first-order valence-electron chi connectivity index (χ1n) is 7.29. The SMILES string of the molecule is CCOc1cccc2c1[nH]c(=S)n2CC1CC=CCC1. The van der Waals surface area contributed by atoms with Crippen LogP contribution in [0.1, 0.15) is 26.2 Å². The van der Waals surface area contributed by atoms with Crippen LogP contribution in [0.4, 0.5) is 0 Å². The lowest BCUT2D eigenvalue weighted by atomic mass is 9.94. The molecule has 1 aliphatic carbocycles. The molecule has 3 rings (SSSR count). The molecule has 1 atom stereocenters. The van der Waals surface area contributed by atoms with Crippen molar-refractivity contribution in [2.24, 2.45) is 5.92 Å². The van der Waals surface area contributed by atoms with Gasteiger partial charge in [-0.1, -0.05) is 18.2 Å². The molecule has 1 heterocycles. The van der Waals surface area contributed by atoms with Crippen LogP contribution in [0.5, 0.6) is 5.75 Å². The largest absolute Gasteiger partial charge is 0.492 e. The topological polar surface area (TPSA) is 29.9 Å². The van der Waals surface area contributed by atoms with Crippen LogP contribution < -0.4 is 4.74 Å². The molecular weight excluding hydrogens is 268 g/mol. The van der Waals surface area contributed by atoms with E-state index < -0.39 is 0 Å². The van der Waals surface area contributed by atoms with Crippen LogP contribution in [-0.4, -0.2) is 16.2 Å². The molecule has 3 nitrogen and oxygen atoms in total.